The summed E-state index contributed by atoms with van der Waals surface area (Å²) in [7, 11) is 0. The molecule has 0 radical (unpaired) electrons. The van der Waals surface area contributed by atoms with E-state index in [4.69, 9.17) is 4.74 Å². The Morgan fingerprint density at radius 3 is 2.59 bits per heavy atom. The van der Waals surface area contributed by atoms with Gasteiger partial charge in [-0.1, -0.05) is 13.3 Å². The molecule has 2 N–H and O–H groups in total. The third-order valence-electron chi connectivity index (χ3n) is 6.99. The van der Waals surface area contributed by atoms with Crippen LogP contribution in [0.5, 0.6) is 0 Å². The van der Waals surface area contributed by atoms with Gasteiger partial charge in [0.2, 0.25) is 5.91 Å². The van der Waals surface area contributed by atoms with E-state index in [0.717, 1.165) is 60.3 Å². The number of rotatable bonds is 6. The van der Waals surface area contributed by atoms with Crippen molar-refractivity contribution in [2.45, 2.75) is 77.2 Å². The Kier molecular flexibility index (Phi) is 6.55. The Labute approximate surface area is 192 Å². The summed E-state index contributed by atoms with van der Waals surface area (Å²) in [5, 5.41) is 6.09. The number of esters is 1. The molecule has 1 saturated carbocycles. The molecule has 0 bridgehead atoms. The zero-order valence-electron chi connectivity index (χ0n) is 18.8. The van der Waals surface area contributed by atoms with Crippen molar-refractivity contribution >= 4 is 40.2 Å². The zero-order chi connectivity index (χ0) is 22.9. The number of nitrogens with zero attached hydrogens (tertiary/aromatic N) is 1. The van der Waals surface area contributed by atoms with Crippen LogP contribution >= 0.6 is 11.3 Å². The number of thiophene rings is 1. The molecule has 3 aliphatic rings. The van der Waals surface area contributed by atoms with Crippen LogP contribution in [-0.4, -0.2) is 47.4 Å². The number of nitrogens with one attached hydrogen (secondary N) is 2. The molecule has 8 nitrogen and oxygen atoms in total. The minimum absolute atomic E-state index is 0.250. The summed E-state index contributed by atoms with van der Waals surface area (Å²) >= 11 is 1.39. The van der Waals surface area contributed by atoms with Gasteiger partial charge >= 0.3 is 12.0 Å². The third-order valence-corrected chi connectivity index (χ3v) is 8.19. The van der Waals surface area contributed by atoms with Crippen LogP contribution in [-0.2, 0) is 27.2 Å². The Morgan fingerprint density at radius 2 is 1.91 bits per heavy atom. The molecule has 1 saturated heterocycles. The smallest absolute Gasteiger partial charge is 0.341 e. The molecule has 0 atom stereocenters. The van der Waals surface area contributed by atoms with Gasteiger partial charge in [-0.25, -0.2) is 9.59 Å². The fraction of sp³-hybridized carbons (Fsp3) is 0.652. The first kappa shape index (κ1) is 22.8. The lowest BCUT2D eigenvalue weighted by atomic mass is 9.75. The number of urea groups is 1. The third kappa shape index (κ3) is 4.14. The van der Waals surface area contributed by atoms with Crippen LogP contribution in [0.3, 0.4) is 0 Å². The number of fused-ring (bicyclic) bond motifs is 1. The summed E-state index contributed by atoms with van der Waals surface area (Å²) in [5.74, 6) is -0.669. The Morgan fingerprint density at radius 1 is 1.19 bits per heavy atom. The fourth-order valence-corrected chi connectivity index (χ4v) is 6.41. The van der Waals surface area contributed by atoms with E-state index in [0.29, 0.717) is 29.3 Å². The van der Waals surface area contributed by atoms with Gasteiger partial charge in [-0.3, -0.25) is 14.5 Å². The van der Waals surface area contributed by atoms with Crippen LogP contribution in [0.2, 0.25) is 0 Å². The molecule has 1 spiro atoms. The highest BCUT2D eigenvalue weighted by molar-refractivity contribution is 7.17. The van der Waals surface area contributed by atoms with Crippen molar-refractivity contribution in [1.29, 1.82) is 0 Å². The van der Waals surface area contributed by atoms with E-state index in [9.17, 15) is 19.2 Å². The average molecular weight is 462 g/mol. The molecule has 174 valence electrons. The van der Waals surface area contributed by atoms with Gasteiger partial charge in [0.05, 0.1) is 12.2 Å². The van der Waals surface area contributed by atoms with Gasteiger partial charge in [0.25, 0.3) is 5.91 Å². The zero-order valence-corrected chi connectivity index (χ0v) is 19.6. The number of aryl methyl sites for hydroxylation is 1. The highest BCUT2D eigenvalue weighted by atomic mass is 32.1. The molecule has 1 aromatic heterocycles. The van der Waals surface area contributed by atoms with Crippen LogP contribution in [0, 0.1) is 5.92 Å². The predicted molar refractivity (Wildman–Crippen MR) is 121 cm³/mol. The number of amides is 4. The molecule has 4 rings (SSSR count). The number of ether oxygens (including phenoxy) is 1. The van der Waals surface area contributed by atoms with Crippen LogP contribution in [0.1, 0.15) is 79.6 Å². The number of anilines is 1. The lowest BCUT2D eigenvalue weighted by Crippen LogP contribution is -2.49. The highest BCUT2D eigenvalue weighted by Crippen LogP contribution is 2.39. The van der Waals surface area contributed by atoms with Crippen LogP contribution < -0.4 is 10.6 Å². The monoisotopic (exact) mass is 461 g/mol. The fourth-order valence-electron chi connectivity index (χ4n) is 5.12. The predicted octanol–water partition coefficient (Wildman–Crippen LogP) is 3.63. The van der Waals surface area contributed by atoms with Gasteiger partial charge in [0, 0.05) is 4.88 Å². The molecule has 2 heterocycles. The average Bonchev–Trinajstić information content (AvgIpc) is 3.24. The summed E-state index contributed by atoms with van der Waals surface area (Å²) in [4.78, 5) is 53.2. The van der Waals surface area contributed by atoms with E-state index >= 15 is 0 Å². The van der Waals surface area contributed by atoms with E-state index < -0.39 is 23.4 Å². The molecule has 2 fully saturated rings. The molecule has 0 unspecified atom stereocenters. The Bertz CT molecular complexity index is 932. The van der Waals surface area contributed by atoms with Crippen molar-refractivity contribution in [2.24, 2.45) is 5.92 Å². The molecular formula is C23H31N3O5S. The van der Waals surface area contributed by atoms with Crippen LogP contribution in [0.15, 0.2) is 0 Å². The number of hydrogen-bond donors (Lipinski definition) is 2. The Balaban J connectivity index is 1.47. The van der Waals surface area contributed by atoms with Gasteiger partial charge in [0.15, 0.2) is 0 Å². The lowest BCUT2D eigenvalue weighted by molar-refractivity contribution is -0.135. The van der Waals surface area contributed by atoms with Crippen LogP contribution in [0.4, 0.5) is 9.80 Å². The highest BCUT2D eigenvalue weighted by Gasteiger charge is 2.52. The minimum Gasteiger partial charge on any atom is -0.462 e. The maximum Gasteiger partial charge on any atom is 0.341 e. The minimum atomic E-state index is -0.874. The van der Waals surface area contributed by atoms with Crippen molar-refractivity contribution < 1.29 is 23.9 Å². The van der Waals surface area contributed by atoms with Gasteiger partial charge in [-0.2, -0.15) is 0 Å². The maximum absolute atomic E-state index is 13.1. The van der Waals surface area contributed by atoms with Crippen molar-refractivity contribution in [2.75, 3.05) is 18.5 Å². The summed E-state index contributed by atoms with van der Waals surface area (Å²) in [6, 6.07) is -0.517. The van der Waals surface area contributed by atoms with Crippen molar-refractivity contribution in [3.8, 4) is 0 Å². The first-order chi connectivity index (χ1) is 15.4. The standard InChI is InChI=1S/C23H31N3O5S/c1-3-14-9-11-23(12-10-14)21(29)26(22(30)25-23)13-17(27)24-19-18(20(28)31-4-2)15-7-5-6-8-16(15)32-19/h14H,3-13H2,1-2H3,(H,24,27)(H,25,30). The Hall–Kier alpha value is -2.42. The van der Waals surface area contributed by atoms with Crippen molar-refractivity contribution in [3.05, 3.63) is 16.0 Å². The van der Waals surface area contributed by atoms with Gasteiger partial charge in [-0.15, -0.1) is 11.3 Å². The van der Waals surface area contributed by atoms with E-state index in [1.54, 1.807) is 6.92 Å². The van der Waals surface area contributed by atoms with E-state index in [1.807, 2.05) is 0 Å². The second kappa shape index (κ2) is 9.21. The van der Waals surface area contributed by atoms with Gasteiger partial charge in [-0.05, 0) is 69.8 Å². The number of imide groups is 1. The van der Waals surface area contributed by atoms with Gasteiger partial charge < -0.3 is 15.4 Å². The summed E-state index contributed by atoms with van der Waals surface area (Å²) in [5.41, 5.74) is 0.504. The molecule has 4 amide bonds. The second-order valence-corrected chi connectivity index (χ2v) is 10.0. The summed E-state index contributed by atoms with van der Waals surface area (Å²) in [6.07, 6.45) is 7.77. The van der Waals surface area contributed by atoms with E-state index in [1.165, 1.54) is 11.3 Å². The largest absolute Gasteiger partial charge is 0.462 e. The second-order valence-electron chi connectivity index (χ2n) is 8.94. The van der Waals surface area contributed by atoms with Crippen LogP contribution in [0.25, 0.3) is 0 Å². The topological polar surface area (TPSA) is 105 Å². The lowest BCUT2D eigenvalue weighted by Gasteiger charge is -2.34. The number of carbonyl (C=O) groups is 4. The first-order valence-electron chi connectivity index (χ1n) is 11.6. The van der Waals surface area contributed by atoms with Gasteiger partial charge in [0.1, 0.15) is 17.1 Å². The van der Waals surface area contributed by atoms with Crippen molar-refractivity contribution in [1.82, 2.24) is 10.2 Å². The number of hydrogen-bond acceptors (Lipinski definition) is 6. The SMILES string of the molecule is CCOC(=O)c1c(NC(=O)CN2C(=O)NC3(CCC(CC)CC3)C2=O)sc2c1CCCC2. The first-order valence-corrected chi connectivity index (χ1v) is 12.5. The maximum atomic E-state index is 13.1. The molecule has 9 heteroatoms. The summed E-state index contributed by atoms with van der Waals surface area (Å²) < 4.78 is 5.22. The van der Waals surface area contributed by atoms with Crippen molar-refractivity contribution in [3.63, 3.8) is 0 Å². The molecule has 32 heavy (non-hydrogen) atoms. The van der Waals surface area contributed by atoms with E-state index in [2.05, 4.69) is 17.6 Å². The molecule has 0 aromatic carbocycles. The van der Waals surface area contributed by atoms with E-state index in [-0.39, 0.29) is 19.1 Å². The quantitative estimate of drug-likeness (QED) is 0.497. The molecular weight excluding hydrogens is 430 g/mol. The molecule has 2 aliphatic carbocycles. The molecule has 1 aromatic rings. The summed E-state index contributed by atoms with van der Waals surface area (Å²) in [6.45, 7) is 3.77. The number of carbonyl (C=O) groups excluding carboxylic acids is 4. The molecule has 1 aliphatic heterocycles. The normalized spacial score (nSPS) is 24.9.